The molecule has 0 atom stereocenters. The van der Waals surface area contributed by atoms with Gasteiger partial charge < -0.3 is 20.8 Å². The third-order valence-electron chi connectivity index (χ3n) is 3.88. The minimum atomic E-state index is -0.456. The van der Waals surface area contributed by atoms with Gasteiger partial charge in [0, 0.05) is 34.5 Å². The number of hydrogen-bond donors (Lipinski definition) is 4. The third kappa shape index (κ3) is 5.19. The van der Waals surface area contributed by atoms with E-state index in [2.05, 4.69) is 20.6 Å². The zero-order chi connectivity index (χ0) is 20.8. The lowest BCUT2D eigenvalue weighted by molar-refractivity contribution is -0.464. The van der Waals surface area contributed by atoms with Gasteiger partial charge in [0.1, 0.15) is 11.5 Å². The summed E-state index contributed by atoms with van der Waals surface area (Å²) < 4.78 is 0. The van der Waals surface area contributed by atoms with E-state index in [1.165, 1.54) is 24.3 Å². The highest BCUT2D eigenvalue weighted by Gasteiger charge is 2.10. The van der Waals surface area contributed by atoms with Gasteiger partial charge in [-0.05, 0) is 31.2 Å². The van der Waals surface area contributed by atoms with E-state index in [4.69, 9.17) is 0 Å². The van der Waals surface area contributed by atoms with Crippen LogP contribution in [-0.4, -0.2) is 31.6 Å². The van der Waals surface area contributed by atoms with Crippen LogP contribution in [0.2, 0.25) is 0 Å². The monoisotopic (exact) mass is 393 g/mol. The lowest BCUT2D eigenvalue weighted by atomic mass is 10.3. The quantitative estimate of drug-likeness (QED) is 0.370. The Hall–Kier alpha value is -4.14. The third-order valence-corrected chi connectivity index (χ3v) is 3.88. The van der Waals surface area contributed by atoms with Crippen LogP contribution in [0.15, 0.2) is 48.5 Å². The molecule has 1 aromatic heterocycles. The van der Waals surface area contributed by atoms with Crippen molar-refractivity contribution >= 4 is 35.2 Å². The van der Waals surface area contributed by atoms with Crippen molar-refractivity contribution in [2.75, 3.05) is 17.2 Å². The molecule has 148 valence electrons. The predicted molar refractivity (Wildman–Crippen MR) is 111 cm³/mol. The molecular weight excluding hydrogens is 374 g/mol. The molecule has 0 saturated carbocycles. The van der Waals surface area contributed by atoms with E-state index in [0.717, 1.165) is 0 Å². The van der Waals surface area contributed by atoms with E-state index >= 15 is 0 Å². The Bertz CT molecular complexity index is 1160. The number of aromatic hydroxyl groups is 2. The molecule has 0 radical (unpaired) electrons. The molecule has 0 aliphatic rings. The van der Waals surface area contributed by atoms with Gasteiger partial charge in [0.25, 0.3) is 0 Å². The summed E-state index contributed by atoms with van der Waals surface area (Å²) in [5.41, 5.74) is 1.15. The van der Waals surface area contributed by atoms with Crippen LogP contribution in [0.25, 0.3) is 12.2 Å². The molecule has 0 aliphatic carbocycles. The maximum absolute atomic E-state index is 10.8. The van der Waals surface area contributed by atoms with Crippen molar-refractivity contribution in [3.63, 3.8) is 0 Å². The average Bonchev–Trinajstić information content (AvgIpc) is 2.67. The standard InChI is InChI=1S/C20H19N5O4/c1-2-17-18(9-10-25(28)29)24-20(22-14-6-4-8-16(27)12-14)19(23-17)21-13-5-3-7-15(26)11-13/h2-9,11-12,26-27H,10H2,1H3,(H,21,23)(H,22,24)/b17-2+,18-9+. The van der Waals surface area contributed by atoms with Crippen LogP contribution in [-0.2, 0) is 0 Å². The van der Waals surface area contributed by atoms with E-state index < -0.39 is 4.92 Å². The van der Waals surface area contributed by atoms with Gasteiger partial charge in [0.05, 0.1) is 10.7 Å². The highest BCUT2D eigenvalue weighted by molar-refractivity contribution is 5.72. The molecule has 0 saturated heterocycles. The Morgan fingerprint density at radius 2 is 1.48 bits per heavy atom. The molecule has 0 fully saturated rings. The Morgan fingerprint density at radius 1 is 0.966 bits per heavy atom. The molecule has 0 amide bonds. The van der Waals surface area contributed by atoms with Crippen molar-refractivity contribution in [3.05, 3.63) is 69.3 Å². The molecular formula is C20H19N5O4. The first-order chi connectivity index (χ1) is 13.9. The van der Waals surface area contributed by atoms with Crippen molar-refractivity contribution in [2.45, 2.75) is 6.92 Å². The maximum atomic E-state index is 10.8. The molecule has 9 heteroatoms. The van der Waals surface area contributed by atoms with Gasteiger partial charge >= 0.3 is 0 Å². The summed E-state index contributed by atoms with van der Waals surface area (Å²) in [6, 6.07) is 13.0. The fourth-order valence-electron chi connectivity index (χ4n) is 2.60. The number of nitro groups is 1. The lowest BCUT2D eigenvalue weighted by Crippen LogP contribution is -2.33. The number of aromatic nitrogens is 2. The van der Waals surface area contributed by atoms with Gasteiger partial charge in [-0.2, -0.15) is 0 Å². The predicted octanol–water partition coefficient (Wildman–Crippen LogP) is 2.23. The fourth-order valence-corrected chi connectivity index (χ4v) is 2.60. The molecule has 0 aliphatic heterocycles. The first-order valence-corrected chi connectivity index (χ1v) is 8.73. The number of nitrogens with zero attached hydrogens (tertiary/aromatic N) is 3. The van der Waals surface area contributed by atoms with E-state index in [1.807, 2.05) is 0 Å². The number of anilines is 4. The SMILES string of the molecule is C/C=c1/nc(Nc2cccc(O)c2)c(Nc2cccc(O)c2)n/c1=C/C[N+](=O)[O-]. The number of phenolic OH excluding ortho intramolecular Hbond substituents is 2. The second-order valence-electron chi connectivity index (χ2n) is 6.05. The van der Waals surface area contributed by atoms with E-state index in [9.17, 15) is 20.3 Å². The van der Waals surface area contributed by atoms with Gasteiger partial charge in [-0.1, -0.05) is 18.2 Å². The average molecular weight is 393 g/mol. The van der Waals surface area contributed by atoms with Gasteiger partial charge in [0.2, 0.25) is 6.54 Å². The van der Waals surface area contributed by atoms with Gasteiger partial charge in [-0.3, -0.25) is 10.1 Å². The van der Waals surface area contributed by atoms with Crippen molar-refractivity contribution < 1.29 is 15.1 Å². The number of hydrogen-bond acceptors (Lipinski definition) is 8. The minimum Gasteiger partial charge on any atom is -0.508 e. The maximum Gasteiger partial charge on any atom is 0.224 e. The Balaban J connectivity index is 2.11. The normalized spacial score (nSPS) is 12.0. The molecule has 0 unspecified atom stereocenters. The van der Waals surface area contributed by atoms with Crippen LogP contribution in [0.1, 0.15) is 6.92 Å². The fraction of sp³-hybridized carbons (Fsp3) is 0.100. The van der Waals surface area contributed by atoms with Crippen molar-refractivity contribution in [3.8, 4) is 11.5 Å². The second kappa shape index (κ2) is 8.70. The van der Waals surface area contributed by atoms with Crippen LogP contribution in [0, 0.1) is 10.1 Å². The molecule has 4 N–H and O–H groups in total. The summed E-state index contributed by atoms with van der Waals surface area (Å²) in [4.78, 5) is 19.3. The van der Waals surface area contributed by atoms with E-state index in [-0.39, 0.29) is 18.0 Å². The molecule has 2 aromatic carbocycles. The highest BCUT2D eigenvalue weighted by Crippen LogP contribution is 2.25. The van der Waals surface area contributed by atoms with Crippen molar-refractivity contribution in [2.24, 2.45) is 0 Å². The Morgan fingerprint density at radius 3 is 1.93 bits per heavy atom. The molecule has 3 rings (SSSR count). The first kappa shape index (κ1) is 19.6. The van der Waals surface area contributed by atoms with Gasteiger partial charge in [-0.15, -0.1) is 0 Å². The molecule has 1 heterocycles. The molecule has 0 spiro atoms. The number of rotatable bonds is 6. The summed E-state index contributed by atoms with van der Waals surface area (Å²) in [6.07, 6.45) is 3.08. The first-order valence-electron chi connectivity index (χ1n) is 8.73. The molecule has 29 heavy (non-hydrogen) atoms. The number of phenols is 2. The smallest absolute Gasteiger partial charge is 0.224 e. The van der Waals surface area contributed by atoms with Crippen LogP contribution >= 0.6 is 0 Å². The summed E-state index contributed by atoms with van der Waals surface area (Å²) in [5.74, 6) is 0.817. The van der Waals surface area contributed by atoms with Crippen LogP contribution < -0.4 is 21.3 Å². The largest absolute Gasteiger partial charge is 0.508 e. The van der Waals surface area contributed by atoms with Crippen LogP contribution in [0.4, 0.5) is 23.0 Å². The number of benzene rings is 2. The topological polar surface area (TPSA) is 133 Å². The van der Waals surface area contributed by atoms with Crippen molar-refractivity contribution in [1.29, 1.82) is 0 Å². The summed E-state index contributed by atoms with van der Waals surface area (Å²) in [6.45, 7) is 1.37. The molecule has 0 bridgehead atoms. The van der Waals surface area contributed by atoms with E-state index in [1.54, 1.807) is 43.3 Å². The van der Waals surface area contributed by atoms with E-state index in [0.29, 0.717) is 33.7 Å². The molecule has 3 aromatic rings. The Labute approximate surface area is 165 Å². The number of nitrogens with one attached hydrogen (secondary N) is 2. The van der Waals surface area contributed by atoms with Crippen LogP contribution in [0.3, 0.4) is 0 Å². The summed E-state index contributed by atoms with van der Waals surface area (Å²) in [7, 11) is 0. The zero-order valence-corrected chi connectivity index (χ0v) is 15.5. The zero-order valence-electron chi connectivity index (χ0n) is 15.5. The van der Waals surface area contributed by atoms with Gasteiger partial charge in [-0.25, -0.2) is 9.97 Å². The lowest BCUT2D eigenvalue weighted by Gasteiger charge is -2.13. The Kier molecular flexibility index (Phi) is 5.88. The summed E-state index contributed by atoms with van der Waals surface area (Å²) >= 11 is 0. The highest BCUT2D eigenvalue weighted by atomic mass is 16.6. The van der Waals surface area contributed by atoms with Gasteiger partial charge in [0.15, 0.2) is 11.6 Å². The molecule has 9 nitrogen and oxygen atoms in total. The van der Waals surface area contributed by atoms with Crippen LogP contribution in [0.5, 0.6) is 11.5 Å². The summed E-state index contributed by atoms with van der Waals surface area (Å²) in [5, 5.41) is 37.1. The minimum absolute atomic E-state index is 0.0732. The second-order valence-corrected chi connectivity index (χ2v) is 6.05. The van der Waals surface area contributed by atoms with Crippen molar-refractivity contribution in [1.82, 2.24) is 9.97 Å².